The Hall–Kier alpha value is -0.900. The number of ether oxygens (including phenoxy) is 1. The van der Waals surface area contributed by atoms with Gasteiger partial charge >= 0.3 is 0 Å². The second kappa shape index (κ2) is 4.85. The van der Waals surface area contributed by atoms with Crippen LogP contribution in [0.1, 0.15) is 20.3 Å². The van der Waals surface area contributed by atoms with Gasteiger partial charge in [0, 0.05) is 0 Å². The molecule has 0 saturated carbocycles. The summed E-state index contributed by atoms with van der Waals surface area (Å²) in [6.45, 7) is 3.13. The summed E-state index contributed by atoms with van der Waals surface area (Å²) >= 11 is 0. The highest BCUT2D eigenvalue weighted by atomic mass is 16.5. The zero-order valence-electron chi connectivity index (χ0n) is 6.79. The molecule has 0 aliphatic carbocycles. The minimum atomic E-state index is -0.626. The Balaban J connectivity index is 3.70. The second-order valence-corrected chi connectivity index (χ2v) is 2.31. The number of hydrogen-bond donors (Lipinski definition) is 1. The van der Waals surface area contributed by atoms with Crippen molar-refractivity contribution in [3.8, 4) is 0 Å². The van der Waals surface area contributed by atoms with Gasteiger partial charge in [-0.25, -0.2) is 0 Å². The molecule has 0 radical (unpaired) electrons. The van der Waals surface area contributed by atoms with E-state index in [9.17, 15) is 9.59 Å². The number of ketones is 1. The normalized spacial score (nSPS) is 12.5. The Bertz CT molecular complexity index is 156. The lowest BCUT2D eigenvalue weighted by Gasteiger charge is -2.09. The van der Waals surface area contributed by atoms with Gasteiger partial charge < -0.3 is 10.5 Å². The van der Waals surface area contributed by atoms with Crippen LogP contribution in [-0.4, -0.2) is 24.4 Å². The third kappa shape index (κ3) is 4.50. The Kier molecular flexibility index (Phi) is 4.45. The van der Waals surface area contributed by atoms with Crippen molar-refractivity contribution in [2.45, 2.75) is 26.4 Å². The summed E-state index contributed by atoms with van der Waals surface area (Å²) in [5, 5.41) is 0. The highest BCUT2D eigenvalue weighted by molar-refractivity contribution is 5.80. The molecule has 0 fully saturated rings. The zero-order valence-corrected chi connectivity index (χ0v) is 6.79. The third-order valence-electron chi connectivity index (χ3n) is 1.18. The van der Waals surface area contributed by atoms with E-state index in [1.807, 2.05) is 0 Å². The van der Waals surface area contributed by atoms with Gasteiger partial charge in [-0.05, 0) is 13.3 Å². The number of hydrogen-bond acceptors (Lipinski definition) is 3. The summed E-state index contributed by atoms with van der Waals surface area (Å²) in [4.78, 5) is 20.9. The van der Waals surface area contributed by atoms with E-state index in [1.165, 1.54) is 6.92 Å². The predicted octanol–water partition coefficient (Wildman–Crippen LogP) is -0.144. The molecule has 4 nitrogen and oxygen atoms in total. The van der Waals surface area contributed by atoms with E-state index in [1.54, 1.807) is 6.92 Å². The molecular weight excluding hydrogens is 146 g/mol. The fourth-order valence-electron chi connectivity index (χ4n) is 0.619. The number of carbonyl (C=O) groups excluding carboxylic acids is 2. The van der Waals surface area contributed by atoms with Crippen LogP contribution in [0.2, 0.25) is 0 Å². The van der Waals surface area contributed by atoms with Crippen molar-refractivity contribution in [2.24, 2.45) is 5.73 Å². The van der Waals surface area contributed by atoms with Gasteiger partial charge in [0.25, 0.3) is 0 Å². The quantitative estimate of drug-likeness (QED) is 0.606. The molecule has 0 aromatic heterocycles. The lowest BCUT2D eigenvalue weighted by molar-refractivity contribution is -0.134. The van der Waals surface area contributed by atoms with Gasteiger partial charge in [0.05, 0.1) is 0 Å². The van der Waals surface area contributed by atoms with Crippen molar-refractivity contribution in [1.29, 1.82) is 0 Å². The number of Topliss-reactive ketones (excluding diaryl/α,β-unsaturated/α-hetero) is 1. The monoisotopic (exact) mass is 159 g/mol. The molecule has 0 saturated heterocycles. The first-order valence-corrected chi connectivity index (χ1v) is 3.48. The van der Waals surface area contributed by atoms with E-state index in [4.69, 9.17) is 10.5 Å². The van der Waals surface area contributed by atoms with Crippen LogP contribution in [0, 0.1) is 0 Å². The van der Waals surface area contributed by atoms with Gasteiger partial charge in [0.1, 0.15) is 12.7 Å². The minimum Gasteiger partial charge on any atom is -0.367 e. The average molecular weight is 159 g/mol. The van der Waals surface area contributed by atoms with Gasteiger partial charge in [-0.15, -0.1) is 0 Å². The first-order chi connectivity index (χ1) is 5.07. The molecule has 1 amide bonds. The van der Waals surface area contributed by atoms with Crippen molar-refractivity contribution < 1.29 is 14.3 Å². The number of rotatable bonds is 5. The summed E-state index contributed by atoms with van der Waals surface area (Å²) in [6, 6.07) is 0. The van der Waals surface area contributed by atoms with E-state index < -0.39 is 12.0 Å². The van der Waals surface area contributed by atoms with Crippen LogP contribution in [0.15, 0.2) is 0 Å². The molecule has 1 atom stereocenters. The van der Waals surface area contributed by atoms with Crippen LogP contribution in [0.5, 0.6) is 0 Å². The van der Waals surface area contributed by atoms with Crippen LogP contribution < -0.4 is 5.73 Å². The van der Waals surface area contributed by atoms with Gasteiger partial charge in [0.15, 0.2) is 5.78 Å². The smallest absolute Gasteiger partial charge is 0.246 e. The van der Waals surface area contributed by atoms with Crippen molar-refractivity contribution in [2.75, 3.05) is 6.61 Å². The van der Waals surface area contributed by atoms with Gasteiger partial charge in [0.2, 0.25) is 5.91 Å². The van der Waals surface area contributed by atoms with E-state index in [0.29, 0.717) is 6.42 Å². The lowest BCUT2D eigenvalue weighted by atomic mass is 10.2. The zero-order chi connectivity index (χ0) is 8.85. The molecule has 0 aliphatic rings. The van der Waals surface area contributed by atoms with Crippen LogP contribution in [0.3, 0.4) is 0 Å². The first-order valence-electron chi connectivity index (χ1n) is 3.48. The maximum Gasteiger partial charge on any atom is 0.246 e. The summed E-state index contributed by atoms with van der Waals surface area (Å²) in [6.07, 6.45) is -0.123. The minimum absolute atomic E-state index is 0.0402. The molecule has 64 valence electrons. The van der Waals surface area contributed by atoms with Gasteiger partial charge in [-0.1, -0.05) is 6.92 Å². The van der Waals surface area contributed by atoms with Crippen LogP contribution in [-0.2, 0) is 14.3 Å². The number of nitrogens with two attached hydrogens (primary N) is 1. The van der Waals surface area contributed by atoms with E-state index in [0.717, 1.165) is 0 Å². The Morgan fingerprint density at radius 3 is 2.36 bits per heavy atom. The summed E-state index contributed by atoms with van der Waals surface area (Å²) < 4.78 is 4.89. The fraction of sp³-hybridized carbons (Fsp3) is 0.714. The molecule has 0 aromatic rings. The molecule has 0 spiro atoms. The van der Waals surface area contributed by atoms with Crippen LogP contribution in [0.25, 0.3) is 0 Å². The van der Waals surface area contributed by atoms with Crippen molar-refractivity contribution in [3.63, 3.8) is 0 Å². The predicted molar refractivity (Wildman–Crippen MR) is 39.9 cm³/mol. The molecule has 11 heavy (non-hydrogen) atoms. The summed E-state index contributed by atoms with van der Waals surface area (Å²) in [5.41, 5.74) is 4.96. The number of amides is 1. The summed E-state index contributed by atoms with van der Waals surface area (Å²) in [5.74, 6) is -0.626. The molecule has 0 bridgehead atoms. The van der Waals surface area contributed by atoms with Crippen molar-refractivity contribution in [1.82, 2.24) is 0 Å². The van der Waals surface area contributed by atoms with E-state index in [-0.39, 0.29) is 12.4 Å². The topological polar surface area (TPSA) is 69.4 Å². The van der Waals surface area contributed by atoms with Crippen molar-refractivity contribution >= 4 is 11.7 Å². The third-order valence-corrected chi connectivity index (χ3v) is 1.18. The molecule has 2 N–H and O–H groups in total. The molecule has 0 aromatic carbocycles. The fourth-order valence-corrected chi connectivity index (χ4v) is 0.619. The maximum absolute atomic E-state index is 10.5. The first kappa shape index (κ1) is 10.1. The Labute approximate surface area is 65.7 Å². The van der Waals surface area contributed by atoms with Crippen LogP contribution in [0.4, 0.5) is 0 Å². The largest absolute Gasteiger partial charge is 0.367 e. The van der Waals surface area contributed by atoms with E-state index in [2.05, 4.69) is 0 Å². The molecule has 0 heterocycles. The highest BCUT2D eigenvalue weighted by Gasteiger charge is 2.13. The molecule has 4 heteroatoms. The summed E-state index contributed by atoms with van der Waals surface area (Å²) in [7, 11) is 0. The number of carbonyl (C=O) groups is 2. The van der Waals surface area contributed by atoms with Gasteiger partial charge in [-0.3, -0.25) is 9.59 Å². The average Bonchev–Trinajstić information content (AvgIpc) is 1.87. The Morgan fingerprint density at radius 1 is 1.55 bits per heavy atom. The molecule has 0 aliphatic heterocycles. The van der Waals surface area contributed by atoms with Crippen LogP contribution >= 0.6 is 0 Å². The lowest BCUT2D eigenvalue weighted by Crippen LogP contribution is -2.31. The highest BCUT2D eigenvalue weighted by Crippen LogP contribution is 1.95. The van der Waals surface area contributed by atoms with Gasteiger partial charge in [-0.2, -0.15) is 0 Å². The standard InChI is InChI=1S/C7H13NO3/c1-3-6(7(8)10)11-4-5(2)9/h6H,3-4H2,1-2H3,(H2,8,10). The van der Waals surface area contributed by atoms with E-state index >= 15 is 0 Å². The molecular formula is C7H13NO3. The molecule has 1 unspecified atom stereocenters. The Morgan fingerprint density at radius 2 is 2.09 bits per heavy atom. The number of primary amides is 1. The molecule has 0 rings (SSSR count). The van der Waals surface area contributed by atoms with Crippen molar-refractivity contribution in [3.05, 3.63) is 0 Å². The second-order valence-electron chi connectivity index (χ2n) is 2.31. The SMILES string of the molecule is CCC(OCC(C)=O)C(N)=O. The maximum atomic E-state index is 10.5.